The van der Waals surface area contributed by atoms with E-state index in [0.29, 0.717) is 24.3 Å². The molecule has 21 heavy (non-hydrogen) atoms. The van der Waals surface area contributed by atoms with Crippen LogP contribution in [0.25, 0.3) is 0 Å². The summed E-state index contributed by atoms with van der Waals surface area (Å²) in [6.07, 6.45) is 2.10. The van der Waals surface area contributed by atoms with Crippen molar-refractivity contribution < 1.29 is 13.2 Å². The van der Waals surface area contributed by atoms with Gasteiger partial charge in [0.1, 0.15) is 5.75 Å². The molecule has 0 unspecified atom stereocenters. The predicted octanol–water partition coefficient (Wildman–Crippen LogP) is 4.12. The summed E-state index contributed by atoms with van der Waals surface area (Å²) < 4.78 is 28.9. The van der Waals surface area contributed by atoms with Crippen LogP contribution in [0.2, 0.25) is 0 Å². The molecule has 0 bridgehead atoms. The molecule has 0 saturated heterocycles. The highest BCUT2D eigenvalue weighted by atomic mass is 35.7. The third kappa shape index (κ3) is 5.22. The second kappa shape index (κ2) is 7.67. The molecule has 0 aliphatic rings. The van der Waals surface area contributed by atoms with Crippen molar-refractivity contribution in [2.24, 2.45) is 0 Å². The van der Waals surface area contributed by atoms with Crippen molar-refractivity contribution in [1.82, 2.24) is 0 Å². The Morgan fingerprint density at radius 3 is 2.52 bits per heavy atom. The van der Waals surface area contributed by atoms with Gasteiger partial charge in [0.05, 0.1) is 17.6 Å². The van der Waals surface area contributed by atoms with E-state index < -0.39 is 9.05 Å². The van der Waals surface area contributed by atoms with Gasteiger partial charge in [-0.3, -0.25) is 0 Å². The van der Waals surface area contributed by atoms with Crippen molar-refractivity contribution in [3.63, 3.8) is 0 Å². The maximum atomic E-state index is 11.6. The minimum atomic E-state index is -3.76. The standard InChI is InChI=1S/C15H20ClNO3S/c1-11(2)13-10-15(21(16,18)19)12(3)9-14(13)20-8-6-4-5-7-17/h9-11H,4-6,8H2,1-3H3. The molecule has 0 saturated carbocycles. The Morgan fingerprint density at radius 2 is 2.00 bits per heavy atom. The molecule has 0 N–H and O–H groups in total. The van der Waals surface area contributed by atoms with Gasteiger partial charge in [0.15, 0.2) is 0 Å². The molecule has 0 fully saturated rings. The van der Waals surface area contributed by atoms with Gasteiger partial charge in [0, 0.05) is 17.1 Å². The fraction of sp³-hybridized carbons (Fsp3) is 0.533. The van der Waals surface area contributed by atoms with E-state index in [1.54, 1.807) is 19.1 Å². The molecule has 1 aromatic rings. The molecule has 6 heteroatoms. The second-order valence-electron chi connectivity index (χ2n) is 5.21. The largest absolute Gasteiger partial charge is 0.493 e. The van der Waals surface area contributed by atoms with Crippen LogP contribution in [0, 0.1) is 18.3 Å². The van der Waals surface area contributed by atoms with E-state index >= 15 is 0 Å². The lowest BCUT2D eigenvalue weighted by atomic mass is 10.0. The van der Waals surface area contributed by atoms with E-state index in [1.807, 2.05) is 13.8 Å². The van der Waals surface area contributed by atoms with Crippen LogP contribution in [0.1, 0.15) is 50.2 Å². The molecular formula is C15H20ClNO3S. The van der Waals surface area contributed by atoms with Gasteiger partial charge in [-0.05, 0) is 48.9 Å². The van der Waals surface area contributed by atoms with Crippen LogP contribution in [0.15, 0.2) is 17.0 Å². The lowest BCUT2D eigenvalue weighted by Crippen LogP contribution is -2.05. The first-order chi connectivity index (χ1) is 9.77. The predicted molar refractivity (Wildman–Crippen MR) is 83.3 cm³/mol. The number of halogens is 1. The summed E-state index contributed by atoms with van der Waals surface area (Å²) in [5, 5.41) is 8.48. The molecule has 0 radical (unpaired) electrons. The first kappa shape index (κ1) is 17.8. The van der Waals surface area contributed by atoms with Gasteiger partial charge in [-0.15, -0.1) is 0 Å². The minimum absolute atomic E-state index is 0.122. The number of aryl methyl sites for hydroxylation is 1. The summed E-state index contributed by atoms with van der Waals surface area (Å²) in [4.78, 5) is 0.129. The van der Waals surface area contributed by atoms with Gasteiger partial charge in [0.25, 0.3) is 9.05 Å². The van der Waals surface area contributed by atoms with E-state index in [0.717, 1.165) is 18.4 Å². The molecule has 0 amide bonds. The molecule has 1 aromatic carbocycles. The fourth-order valence-corrected chi connectivity index (χ4v) is 3.21. The van der Waals surface area contributed by atoms with Gasteiger partial charge in [0.2, 0.25) is 0 Å². The normalized spacial score (nSPS) is 11.4. The minimum Gasteiger partial charge on any atom is -0.493 e. The SMILES string of the molecule is Cc1cc(OCCCCC#N)c(C(C)C)cc1S(=O)(=O)Cl. The zero-order valence-electron chi connectivity index (χ0n) is 12.5. The molecule has 0 aliphatic carbocycles. The summed E-state index contributed by atoms with van der Waals surface area (Å²) >= 11 is 0. The summed E-state index contributed by atoms with van der Waals surface area (Å²) in [7, 11) is 1.70. The Balaban J connectivity index is 2.99. The monoisotopic (exact) mass is 329 g/mol. The molecule has 4 nitrogen and oxygen atoms in total. The van der Waals surface area contributed by atoms with Crippen molar-refractivity contribution >= 4 is 19.7 Å². The maximum Gasteiger partial charge on any atom is 0.261 e. The van der Waals surface area contributed by atoms with E-state index in [-0.39, 0.29) is 10.8 Å². The van der Waals surface area contributed by atoms with Crippen LogP contribution < -0.4 is 4.74 Å². The number of nitriles is 1. The topological polar surface area (TPSA) is 67.2 Å². The third-order valence-corrected chi connectivity index (χ3v) is 4.60. The highest BCUT2D eigenvalue weighted by molar-refractivity contribution is 8.13. The third-order valence-electron chi connectivity index (χ3n) is 3.13. The number of nitrogens with zero attached hydrogens (tertiary/aromatic N) is 1. The lowest BCUT2D eigenvalue weighted by molar-refractivity contribution is 0.303. The van der Waals surface area contributed by atoms with E-state index in [4.69, 9.17) is 20.7 Å². The van der Waals surface area contributed by atoms with Gasteiger partial charge in [-0.25, -0.2) is 8.42 Å². The smallest absolute Gasteiger partial charge is 0.261 e. The Bertz CT molecular complexity index is 633. The lowest BCUT2D eigenvalue weighted by Gasteiger charge is -2.16. The summed E-state index contributed by atoms with van der Waals surface area (Å²) in [5.74, 6) is 0.806. The van der Waals surface area contributed by atoms with Crippen LogP contribution in [0.5, 0.6) is 5.75 Å². The number of hydrogen-bond donors (Lipinski definition) is 0. The van der Waals surface area contributed by atoms with E-state index in [9.17, 15) is 8.42 Å². The Labute approximate surface area is 131 Å². The van der Waals surface area contributed by atoms with Crippen LogP contribution in [0.4, 0.5) is 0 Å². The Morgan fingerprint density at radius 1 is 1.33 bits per heavy atom. The average Bonchev–Trinajstić information content (AvgIpc) is 2.36. The molecule has 1 rings (SSSR count). The molecule has 0 heterocycles. The average molecular weight is 330 g/mol. The first-order valence-corrected chi connectivity index (χ1v) is 9.17. The number of ether oxygens (including phenoxy) is 1. The Kier molecular flexibility index (Phi) is 6.50. The highest BCUT2D eigenvalue weighted by Crippen LogP contribution is 2.33. The molecular weight excluding hydrogens is 310 g/mol. The van der Waals surface area contributed by atoms with Gasteiger partial charge in [-0.2, -0.15) is 5.26 Å². The molecule has 0 atom stereocenters. The van der Waals surface area contributed by atoms with Gasteiger partial charge >= 0.3 is 0 Å². The van der Waals surface area contributed by atoms with Crippen molar-refractivity contribution in [3.05, 3.63) is 23.3 Å². The van der Waals surface area contributed by atoms with Crippen molar-refractivity contribution in [2.75, 3.05) is 6.61 Å². The first-order valence-electron chi connectivity index (χ1n) is 6.86. The summed E-state index contributed by atoms with van der Waals surface area (Å²) in [6, 6.07) is 5.40. The number of rotatable bonds is 7. The van der Waals surface area contributed by atoms with E-state index in [1.165, 1.54) is 0 Å². The number of benzene rings is 1. The van der Waals surface area contributed by atoms with E-state index in [2.05, 4.69) is 6.07 Å². The zero-order valence-corrected chi connectivity index (χ0v) is 14.1. The zero-order chi connectivity index (χ0) is 16.0. The van der Waals surface area contributed by atoms with Crippen molar-refractivity contribution in [2.45, 2.75) is 50.8 Å². The molecule has 116 valence electrons. The number of hydrogen-bond acceptors (Lipinski definition) is 4. The molecule has 0 aliphatic heterocycles. The van der Waals surface area contributed by atoms with Crippen LogP contribution in [-0.2, 0) is 9.05 Å². The highest BCUT2D eigenvalue weighted by Gasteiger charge is 2.19. The number of unbranched alkanes of at least 4 members (excludes halogenated alkanes) is 2. The van der Waals surface area contributed by atoms with Crippen molar-refractivity contribution in [3.8, 4) is 11.8 Å². The quantitative estimate of drug-likeness (QED) is 0.557. The van der Waals surface area contributed by atoms with Crippen LogP contribution in [0.3, 0.4) is 0 Å². The fourth-order valence-electron chi connectivity index (χ4n) is 2.00. The van der Waals surface area contributed by atoms with Crippen LogP contribution in [-0.4, -0.2) is 15.0 Å². The summed E-state index contributed by atoms with van der Waals surface area (Å²) in [5.41, 5.74) is 1.39. The summed E-state index contributed by atoms with van der Waals surface area (Å²) in [6.45, 7) is 6.14. The van der Waals surface area contributed by atoms with Gasteiger partial charge < -0.3 is 4.74 Å². The maximum absolute atomic E-state index is 11.6. The molecule has 0 spiro atoms. The van der Waals surface area contributed by atoms with Crippen LogP contribution >= 0.6 is 10.7 Å². The van der Waals surface area contributed by atoms with Gasteiger partial charge in [-0.1, -0.05) is 13.8 Å². The molecule has 0 aromatic heterocycles. The van der Waals surface area contributed by atoms with Crippen molar-refractivity contribution in [1.29, 1.82) is 5.26 Å². The Hall–Kier alpha value is -1.25. The second-order valence-corrected chi connectivity index (χ2v) is 7.75.